The van der Waals surface area contributed by atoms with Crippen LogP contribution < -0.4 is 15.0 Å². The number of hydrogen-bond donors (Lipinski definition) is 2. The van der Waals surface area contributed by atoms with E-state index in [4.69, 9.17) is 22.1 Å². The van der Waals surface area contributed by atoms with Gasteiger partial charge < -0.3 is 14.4 Å². The largest absolute Gasteiger partial charge is 0.494 e. The summed E-state index contributed by atoms with van der Waals surface area (Å²) >= 11 is 5.22. The first-order valence-corrected chi connectivity index (χ1v) is 11.3. The summed E-state index contributed by atoms with van der Waals surface area (Å²) in [5.74, 6) is -1.49. The van der Waals surface area contributed by atoms with E-state index in [-0.39, 0.29) is 16.2 Å². The second-order valence-corrected chi connectivity index (χ2v) is 8.29. The van der Waals surface area contributed by atoms with Gasteiger partial charge in [0.1, 0.15) is 11.3 Å². The van der Waals surface area contributed by atoms with Gasteiger partial charge in [-0.15, -0.1) is 0 Å². The molecule has 0 saturated carbocycles. The van der Waals surface area contributed by atoms with Gasteiger partial charge in [-0.2, -0.15) is 0 Å². The average Bonchev–Trinajstić information content (AvgIpc) is 3.10. The molecule has 1 fully saturated rings. The predicted molar refractivity (Wildman–Crippen MR) is 136 cm³/mol. The fourth-order valence-corrected chi connectivity index (χ4v) is 4.27. The standard InChI is InChI=1S/C26H23N3O5S/c1-4-34-21-11-9-19(10-12-21)28-15(2)13-18(16(28)3)14-22-23(30)27-26(35)29(24(22)31)20-7-5-17(6-8-20)25(32)33/h5-14H,4H2,1-3H3,(H,32,33)(H,27,30,35)/b22-14+. The summed E-state index contributed by atoms with van der Waals surface area (Å²) in [5.41, 5.74) is 3.77. The molecule has 2 N–H and O–H groups in total. The molecular weight excluding hydrogens is 466 g/mol. The molecular formula is C26H23N3O5S. The number of hydrogen-bond acceptors (Lipinski definition) is 5. The summed E-state index contributed by atoms with van der Waals surface area (Å²) in [4.78, 5) is 38.3. The number of rotatable bonds is 6. The molecule has 0 radical (unpaired) electrons. The quantitative estimate of drug-likeness (QED) is 0.308. The molecule has 0 aliphatic carbocycles. The first-order valence-electron chi connectivity index (χ1n) is 10.9. The number of amides is 2. The van der Waals surface area contributed by atoms with Crippen molar-refractivity contribution in [1.29, 1.82) is 0 Å². The number of carboxylic acids is 1. The number of thiocarbonyl (C=S) groups is 1. The van der Waals surface area contributed by atoms with E-state index in [1.165, 1.54) is 29.2 Å². The molecule has 2 heterocycles. The average molecular weight is 490 g/mol. The molecule has 3 aromatic rings. The minimum atomic E-state index is -1.08. The number of benzene rings is 2. The van der Waals surface area contributed by atoms with Gasteiger partial charge in [-0.1, -0.05) is 0 Å². The highest BCUT2D eigenvalue weighted by atomic mass is 32.1. The first kappa shape index (κ1) is 23.9. The van der Waals surface area contributed by atoms with E-state index in [0.29, 0.717) is 17.9 Å². The van der Waals surface area contributed by atoms with Crippen molar-refractivity contribution in [3.63, 3.8) is 0 Å². The summed E-state index contributed by atoms with van der Waals surface area (Å²) in [5, 5.41) is 11.6. The fourth-order valence-electron chi connectivity index (χ4n) is 3.99. The Hall–Kier alpha value is -4.24. The Bertz CT molecular complexity index is 1370. The lowest BCUT2D eigenvalue weighted by Crippen LogP contribution is -2.54. The number of carboxylic acid groups (broad SMARTS) is 1. The van der Waals surface area contributed by atoms with Crippen molar-refractivity contribution >= 4 is 46.9 Å². The molecule has 35 heavy (non-hydrogen) atoms. The van der Waals surface area contributed by atoms with Crippen LogP contribution in [0.1, 0.15) is 34.2 Å². The highest BCUT2D eigenvalue weighted by Crippen LogP contribution is 2.27. The molecule has 0 bridgehead atoms. The molecule has 0 spiro atoms. The Kier molecular flexibility index (Phi) is 6.52. The Morgan fingerprint density at radius 2 is 1.69 bits per heavy atom. The van der Waals surface area contributed by atoms with Crippen molar-refractivity contribution in [3.05, 3.63) is 82.7 Å². The van der Waals surface area contributed by atoms with E-state index in [1.807, 2.05) is 55.7 Å². The Morgan fingerprint density at radius 3 is 2.29 bits per heavy atom. The lowest BCUT2D eigenvalue weighted by atomic mass is 10.1. The van der Waals surface area contributed by atoms with Crippen LogP contribution in [0.3, 0.4) is 0 Å². The second-order valence-electron chi connectivity index (χ2n) is 7.90. The Morgan fingerprint density at radius 1 is 1.06 bits per heavy atom. The molecule has 1 saturated heterocycles. The zero-order valence-corrected chi connectivity index (χ0v) is 20.2. The van der Waals surface area contributed by atoms with E-state index in [1.54, 1.807) is 6.08 Å². The topological polar surface area (TPSA) is 101 Å². The smallest absolute Gasteiger partial charge is 0.335 e. The molecule has 0 atom stereocenters. The monoisotopic (exact) mass is 489 g/mol. The van der Waals surface area contributed by atoms with Crippen molar-refractivity contribution < 1.29 is 24.2 Å². The first-order chi connectivity index (χ1) is 16.7. The summed E-state index contributed by atoms with van der Waals surface area (Å²) in [6.45, 7) is 6.36. The number of nitrogens with zero attached hydrogens (tertiary/aromatic N) is 2. The summed E-state index contributed by atoms with van der Waals surface area (Å²) in [6.07, 6.45) is 1.55. The molecule has 1 aliphatic rings. The summed E-state index contributed by atoms with van der Waals surface area (Å²) in [6, 6.07) is 15.3. The van der Waals surface area contributed by atoms with Gasteiger partial charge >= 0.3 is 5.97 Å². The van der Waals surface area contributed by atoms with E-state index in [0.717, 1.165) is 22.8 Å². The van der Waals surface area contributed by atoms with E-state index >= 15 is 0 Å². The number of carbonyl (C=O) groups excluding carboxylic acids is 2. The number of aryl methyl sites for hydroxylation is 1. The van der Waals surface area contributed by atoms with Crippen LogP contribution in [0.4, 0.5) is 5.69 Å². The second kappa shape index (κ2) is 9.55. The molecule has 8 nitrogen and oxygen atoms in total. The molecule has 9 heteroatoms. The molecule has 2 aromatic carbocycles. The van der Waals surface area contributed by atoms with Crippen molar-refractivity contribution in [2.45, 2.75) is 20.8 Å². The van der Waals surface area contributed by atoms with Crippen LogP contribution in [0.25, 0.3) is 11.8 Å². The van der Waals surface area contributed by atoms with Crippen molar-refractivity contribution in [2.24, 2.45) is 0 Å². The highest BCUT2D eigenvalue weighted by Gasteiger charge is 2.34. The normalized spacial score (nSPS) is 14.9. The minimum absolute atomic E-state index is 0.0694. The summed E-state index contributed by atoms with van der Waals surface area (Å²) in [7, 11) is 0. The third-order valence-corrected chi connectivity index (χ3v) is 5.93. The SMILES string of the molecule is CCOc1ccc(-n2c(C)cc(/C=C3\C(=O)NC(=S)N(c4ccc(C(=O)O)cc4)C3=O)c2C)cc1. The van der Waals surface area contributed by atoms with Crippen LogP contribution in [-0.2, 0) is 9.59 Å². The van der Waals surface area contributed by atoms with E-state index in [9.17, 15) is 14.4 Å². The third-order valence-electron chi connectivity index (χ3n) is 5.65. The van der Waals surface area contributed by atoms with E-state index in [2.05, 4.69) is 5.32 Å². The van der Waals surface area contributed by atoms with Crippen LogP contribution in [-0.4, -0.2) is 39.2 Å². The van der Waals surface area contributed by atoms with Crippen LogP contribution in [0.15, 0.2) is 60.2 Å². The number of aromatic nitrogens is 1. The van der Waals surface area contributed by atoms with Gasteiger partial charge in [0.05, 0.1) is 17.9 Å². The van der Waals surface area contributed by atoms with Crippen LogP contribution in [0.2, 0.25) is 0 Å². The van der Waals surface area contributed by atoms with Crippen molar-refractivity contribution in [2.75, 3.05) is 11.5 Å². The number of ether oxygens (including phenoxy) is 1. The number of carbonyl (C=O) groups is 3. The molecule has 2 amide bonds. The van der Waals surface area contributed by atoms with Gasteiger partial charge in [0.2, 0.25) is 0 Å². The van der Waals surface area contributed by atoms with Crippen LogP contribution in [0, 0.1) is 13.8 Å². The number of nitrogens with one attached hydrogen (secondary N) is 1. The maximum absolute atomic E-state index is 13.3. The molecule has 1 aliphatic heterocycles. The third kappa shape index (κ3) is 4.58. The molecule has 4 rings (SSSR count). The van der Waals surface area contributed by atoms with Crippen LogP contribution >= 0.6 is 12.2 Å². The van der Waals surface area contributed by atoms with Crippen LogP contribution in [0.5, 0.6) is 5.75 Å². The van der Waals surface area contributed by atoms with Crippen molar-refractivity contribution in [1.82, 2.24) is 9.88 Å². The number of aromatic carboxylic acids is 1. The Labute approximate surface area is 207 Å². The zero-order chi connectivity index (χ0) is 25.3. The fraction of sp³-hybridized carbons (Fsp3) is 0.154. The molecule has 0 unspecified atom stereocenters. The maximum Gasteiger partial charge on any atom is 0.335 e. The van der Waals surface area contributed by atoms with Gasteiger partial charge in [-0.25, -0.2) is 4.79 Å². The number of anilines is 1. The van der Waals surface area contributed by atoms with Crippen molar-refractivity contribution in [3.8, 4) is 11.4 Å². The van der Waals surface area contributed by atoms with Gasteiger partial charge in [0, 0.05) is 17.1 Å². The molecule has 1 aromatic heterocycles. The minimum Gasteiger partial charge on any atom is -0.494 e. The molecule has 178 valence electrons. The van der Waals surface area contributed by atoms with Gasteiger partial charge in [0.25, 0.3) is 11.8 Å². The van der Waals surface area contributed by atoms with Gasteiger partial charge in [0.15, 0.2) is 5.11 Å². The summed E-state index contributed by atoms with van der Waals surface area (Å²) < 4.78 is 7.54. The lowest BCUT2D eigenvalue weighted by molar-refractivity contribution is -0.122. The highest BCUT2D eigenvalue weighted by molar-refractivity contribution is 7.80. The van der Waals surface area contributed by atoms with Gasteiger partial charge in [-0.05, 0) is 99.2 Å². The predicted octanol–water partition coefficient (Wildman–Crippen LogP) is 4.02. The maximum atomic E-state index is 13.3. The zero-order valence-electron chi connectivity index (χ0n) is 19.4. The lowest BCUT2D eigenvalue weighted by Gasteiger charge is -2.29. The van der Waals surface area contributed by atoms with Gasteiger partial charge in [-0.3, -0.25) is 19.8 Å². The van der Waals surface area contributed by atoms with E-state index < -0.39 is 17.8 Å². The Balaban J connectivity index is 1.69.